The van der Waals surface area contributed by atoms with Crippen LogP contribution in [0, 0.1) is 5.82 Å². The van der Waals surface area contributed by atoms with E-state index in [1.807, 2.05) is 12.1 Å². The summed E-state index contributed by atoms with van der Waals surface area (Å²) in [6, 6.07) is 13.5. The van der Waals surface area contributed by atoms with E-state index in [-0.39, 0.29) is 5.11 Å². The van der Waals surface area contributed by atoms with Crippen LogP contribution < -0.4 is 10.2 Å². The maximum absolute atomic E-state index is 13.5. The van der Waals surface area contributed by atoms with E-state index in [9.17, 15) is 19.1 Å². The van der Waals surface area contributed by atoms with Gasteiger partial charge in [0, 0.05) is 25.3 Å². The number of rotatable bonds is 7. The van der Waals surface area contributed by atoms with Gasteiger partial charge in [0.05, 0.1) is 19.6 Å². The van der Waals surface area contributed by atoms with Gasteiger partial charge in [-0.15, -0.1) is 0 Å². The number of carboxylic acid groups (broad SMARTS) is 1. The highest BCUT2D eigenvalue weighted by molar-refractivity contribution is 7.80. The molecule has 0 aromatic heterocycles. The largest absolute Gasteiger partial charge is 0.481 e. The Morgan fingerprint density at radius 3 is 2.41 bits per heavy atom. The van der Waals surface area contributed by atoms with Crippen LogP contribution in [0.15, 0.2) is 48.5 Å². The number of carbonyl (C=O) groups excluding carboxylic acids is 1. The molecule has 2 aromatic carbocycles. The number of thiocarbonyl (C=S) groups is 1. The summed E-state index contributed by atoms with van der Waals surface area (Å²) in [6.07, 6.45) is 0.0711. The van der Waals surface area contributed by atoms with Crippen LogP contribution in [-0.4, -0.2) is 59.8 Å². The summed E-state index contributed by atoms with van der Waals surface area (Å²) in [6.45, 7) is 3.46. The maximum atomic E-state index is 13.5. The summed E-state index contributed by atoms with van der Waals surface area (Å²) in [5, 5.41) is 12.4. The molecule has 4 rings (SSSR count). The number of hydrogen-bond acceptors (Lipinski definition) is 5. The molecule has 7 nitrogen and oxygen atoms in total. The molecular formula is C23H24FN3O4S. The molecule has 32 heavy (non-hydrogen) atoms. The van der Waals surface area contributed by atoms with Crippen molar-refractivity contribution in [2.24, 2.45) is 0 Å². The van der Waals surface area contributed by atoms with Gasteiger partial charge in [-0.2, -0.15) is 0 Å². The van der Waals surface area contributed by atoms with Gasteiger partial charge < -0.3 is 25.0 Å². The molecule has 2 saturated heterocycles. The molecule has 2 aromatic rings. The van der Waals surface area contributed by atoms with Crippen molar-refractivity contribution in [3.05, 3.63) is 65.5 Å². The first-order valence-corrected chi connectivity index (χ1v) is 10.8. The zero-order valence-electron chi connectivity index (χ0n) is 17.4. The smallest absolute Gasteiger partial charge is 0.306 e. The van der Waals surface area contributed by atoms with Crippen molar-refractivity contribution < 1.29 is 23.8 Å². The van der Waals surface area contributed by atoms with E-state index < -0.39 is 29.7 Å². The molecule has 0 bridgehead atoms. The Morgan fingerprint density at radius 1 is 1.12 bits per heavy atom. The topological polar surface area (TPSA) is 82.1 Å². The zero-order chi connectivity index (χ0) is 22.7. The number of morpholine rings is 1. The number of anilines is 1. The van der Waals surface area contributed by atoms with Crippen molar-refractivity contribution in [2.45, 2.75) is 18.4 Å². The molecular weight excluding hydrogens is 433 g/mol. The summed E-state index contributed by atoms with van der Waals surface area (Å²) in [5.74, 6) is -2.12. The fourth-order valence-electron chi connectivity index (χ4n) is 4.30. The lowest BCUT2D eigenvalue weighted by Gasteiger charge is -2.36. The third-order valence-corrected chi connectivity index (χ3v) is 6.29. The molecule has 0 saturated carbocycles. The number of halogens is 1. The fourth-order valence-corrected chi connectivity index (χ4v) is 4.64. The molecule has 0 aliphatic carbocycles. The monoisotopic (exact) mass is 457 g/mol. The first kappa shape index (κ1) is 22.2. The third kappa shape index (κ3) is 4.31. The van der Waals surface area contributed by atoms with Crippen LogP contribution in [0.4, 0.5) is 10.1 Å². The second-order valence-electron chi connectivity index (χ2n) is 7.86. The number of aliphatic carboxylic acids is 1. The van der Waals surface area contributed by atoms with Crippen molar-refractivity contribution in [1.29, 1.82) is 0 Å². The van der Waals surface area contributed by atoms with Gasteiger partial charge in [-0.05, 0) is 54.0 Å². The normalized spacial score (nSPS) is 21.0. The van der Waals surface area contributed by atoms with Crippen molar-refractivity contribution in [1.82, 2.24) is 10.2 Å². The van der Waals surface area contributed by atoms with E-state index in [0.29, 0.717) is 31.7 Å². The van der Waals surface area contributed by atoms with Crippen LogP contribution in [0.25, 0.3) is 0 Å². The van der Waals surface area contributed by atoms with E-state index in [1.165, 1.54) is 24.3 Å². The zero-order valence-corrected chi connectivity index (χ0v) is 18.2. The number of ether oxygens (including phenoxy) is 1. The van der Waals surface area contributed by atoms with E-state index >= 15 is 0 Å². The minimum Gasteiger partial charge on any atom is -0.481 e. The second kappa shape index (κ2) is 9.22. The third-order valence-electron chi connectivity index (χ3n) is 5.97. The summed E-state index contributed by atoms with van der Waals surface area (Å²) in [5.41, 5.74) is 1.02. The predicted molar refractivity (Wildman–Crippen MR) is 121 cm³/mol. The van der Waals surface area contributed by atoms with Crippen LogP contribution >= 0.6 is 12.2 Å². The minimum absolute atomic E-state index is 0.172. The number of hydrogen-bond donors (Lipinski definition) is 2. The number of amides is 1. The molecule has 0 radical (unpaired) electrons. The first-order chi connectivity index (χ1) is 15.4. The minimum atomic E-state index is -1.52. The lowest BCUT2D eigenvalue weighted by molar-refractivity contribution is -0.144. The van der Waals surface area contributed by atoms with E-state index in [4.69, 9.17) is 17.0 Å². The van der Waals surface area contributed by atoms with E-state index in [1.54, 1.807) is 4.90 Å². The van der Waals surface area contributed by atoms with Crippen molar-refractivity contribution in [3.63, 3.8) is 0 Å². The molecule has 168 valence electrons. The molecule has 2 aliphatic rings. The Morgan fingerprint density at radius 2 is 1.78 bits per heavy atom. The molecule has 2 fully saturated rings. The lowest BCUT2D eigenvalue weighted by atomic mass is 9.84. The van der Waals surface area contributed by atoms with Gasteiger partial charge in [-0.3, -0.25) is 9.59 Å². The maximum Gasteiger partial charge on any atom is 0.306 e. The summed E-state index contributed by atoms with van der Waals surface area (Å²) in [4.78, 5) is 28.6. The van der Waals surface area contributed by atoms with Crippen LogP contribution in [0.1, 0.15) is 17.5 Å². The number of carboxylic acids is 1. The van der Waals surface area contributed by atoms with Crippen molar-refractivity contribution >= 4 is 34.9 Å². The highest BCUT2D eigenvalue weighted by Gasteiger charge is 2.53. The van der Waals surface area contributed by atoms with Crippen molar-refractivity contribution in [2.75, 3.05) is 37.7 Å². The molecule has 0 spiro atoms. The first-order valence-electron chi connectivity index (χ1n) is 10.4. The van der Waals surface area contributed by atoms with Gasteiger partial charge in [-0.1, -0.05) is 24.3 Å². The number of carbonyl (C=O) groups is 2. The van der Waals surface area contributed by atoms with Crippen LogP contribution in [0.2, 0.25) is 0 Å². The van der Waals surface area contributed by atoms with Gasteiger partial charge in [0.25, 0.3) is 5.91 Å². The Bertz CT molecular complexity index is 1010. The predicted octanol–water partition coefficient (Wildman–Crippen LogP) is 2.29. The Balaban J connectivity index is 1.56. The summed E-state index contributed by atoms with van der Waals surface area (Å²) < 4.78 is 18.9. The standard InChI is InChI=1S/C23H24FN3O4S/c24-18-5-3-17(4-6-18)23(15-20(28)29)21(30)25-22(32)27(23)10-9-16-1-7-19(8-2-16)26-11-13-31-14-12-26/h1-8H,9-15H2,(H,28,29)(H,25,30,32). The van der Waals surface area contributed by atoms with Crippen LogP contribution in [-0.2, 0) is 26.3 Å². The van der Waals surface area contributed by atoms with Gasteiger partial charge in [0.1, 0.15) is 5.82 Å². The molecule has 1 amide bonds. The average Bonchev–Trinajstić information content (AvgIpc) is 3.02. The Hall–Kier alpha value is -3.04. The molecule has 9 heteroatoms. The fraction of sp³-hybridized carbons (Fsp3) is 0.348. The van der Waals surface area contributed by atoms with E-state index in [2.05, 4.69) is 22.3 Å². The van der Waals surface area contributed by atoms with Crippen LogP contribution in [0.3, 0.4) is 0 Å². The molecule has 2 aliphatic heterocycles. The van der Waals surface area contributed by atoms with Gasteiger partial charge in [0.15, 0.2) is 10.7 Å². The molecule has 1 atom stereocenters. The number of nitrogens with zero attached hydrogens (tertiary/aromatic N) is 2. The molecule has 1 unspecified atom stereocenters. The van der Waals surface area contributed by atoms with Gasteiger partial charge >= 0.3 is 5.97 Å². The highest BCUT2D eigenvalue weighted by Crippen LogP contribution is 2.37. The second-order valence-corrected chi connectivity index (χ2v) is 8.25. The Kier molecular flexibility index (Phi) is 6.38. The average molecular weight is 458 g/mol. The number of nitrogens with one attached hydrogen (secondary N) is 1. The SMILES string of the molecule is O=C(O)CC1(c2ccc(F)cc2)C(=O)NC(=S)N1CCc1ccc(N2CCOCC2)cc1. The summed E-state index contributed by atoms with van der Waals surface area (Å²) in [7, 11) is 0. The lowest BCUT2D eigenvalue weighted by Crippen LogP contribution is -2.49. The molecule has 2 N–H and O–H groups in total. The van der Waals surface area contributed by atoms with Crippen molar-refractivity contribution in [3.8, 4) is 0 Å². The van der Waals surface area contributed by atoms with Gasteiger partial charge in [-0.25, -0.2) is 4.39 Å². The van der Waals surface area contributed by atoms with E-state index in [0.717, 1.165) is 24.3 Å². The Labute approximate surface area is 190 Å². The van der Waals surface area contributed by atoms with Crippen LogP contribution in [0.5, 0.6) is 0 Å². The molecule has 2 heterocycles. The van der Waals surface area contributed by atoms with Gasteiger partial charge in [0.2, 0.25) is 0 Å². The number of benzene rings is 2. The summed E-state index contributed by atoms with van der Waals surface area (Å²) >= 11 is 5.38. The quantitative estimate of drug-likeness (QED) is 0.618. The highest BCUT2D eigenvalue weighted by atomic mass is 32.1.